The number of carboxylic acids is 1. The largest absolute Gasteiger partial charge is 0.493 e. The van der Waals surface area contributed by atoms with Gasteiger partial charge in [-0.2, -0.15) is 0 Å². The average Bonchev–Trinajstić information content (AvgIpc) is 2.64. The van der Waals surface area contributed by atoms with Crippen LogP contribution in [0, 0.1) is 0 Å². The third-order valence-electron chi connectivity index (χ3n) is 4.11. The molecule has 2 aromatic carbocycles. The normalized spacial score (nSPS) is 18.6. The summed E-state index contributed by atoms with van der Waals surface area (Å²) >= 11 is 0. The zero-order valence-electron chi connectivity index (χ0n) is 14.9. The van der Waals surface area contributed by atoms with Gasteiger partial charge in [0.05, 0.1) is 6.61 Å². The highest BCUT2D eigenvalue weighted by Gasteiger charge is 2.39. The van der Waals surface area contributed by atoms with Crippen LogP contribution in [0.15, 0.2) is 48.5 Å². The van der Waals surface area contributed by atoms with E-state index >= 15 is 0 Å². The van der Waals surface area contributed by atoms with Crippen LogP contribution in [-0.4, -0.2) is 49.3 Å². The van der Waals surface area contributed by atoms with Crippen molar-refractivity contribution in [3.05, 3.63) is 54.1 Å². The Morgan fingerprint density at radius 3 is 2.42 bits per heavy atom. The van der Waals surface area contributed by atoms with Gasteiger partial charge < -0.3 is 24.2 Å². The molecule has 0 amide bonds. The average molecular weight is 357 g/mol. The van der Waals surface area contributed by atoms with Crippen molar-refractivity contribution >= 4 is 5.97 Å². The van der Waals surface area contributed by atoms with E-state index in [0.29, 0.717) is 29.4 Å². The first kappa shape index (κ1) is 18.1. The fourth-order valence-electron chi connectivity index (χ4n) is 2.86. The Balaban J connectivity index is 1.83. The Hall–Kier alpha value is -2.73. The van der Waals surface area contributed by atoms with E-state index in [1.165, 1.54) is 0 Å². The second kappa shape index (κ2) is 8.10. The van der Waals surface area contributed by atoms with E-state index in [2.05, 4.69) is 4.90 Å². The van der Waals surface area contributed by atoms with Crippen LogP contribution < -0.4 is 14.2 Å². The van der Waals surface area contributed by atoms with Gasteiger partial charge in [-0.1, -0.05) is 30.3 Å². The Labute approximate surface area is 152 Å². The molecule has 0 spiro atoms. The van der Waals surface area contributed by atoms with Gasteiger partial charge in [-0.3, -0.25) is 0 Å². The fourth-order valence-corrected chi connectivity index (χ4v) is 2.86. The molecular formula is C20H23NO5. The van der Waals surface area contributed by atoms with Gasteiger partial charge in [0.1, 0.15) is 5.75 Å². The van der Waals surface area contributed by atoms with Crippen molar-refractivity contribution in [2.24, 2.45) is 0 Å². The van der Waals surface area contributed by atoms with Gasteiger partial charge in [0.2, 0.25) is 6.10 Å². The van der Waals surface area contributed by atoms with E-state index in [-0.39, 0.29) is 0 Å². The number of nitrogens with zero attached hydrogens (tertiary/aromatic N) is 1. The molecule has 0 aliphatic carbocycles. The van der Waals surface area contributed by atoms with E-state index in [0.717, 1.165) is 13.0 Å². The van der Waals surface area contributed by atoms with E-state index < -0.39 is 18.2 Å². The van der Waals surface area contributed by atoms with E-state index in [1.807, 2.05) is 44.4 Å². The molecule has 0 aromatic heterocycles. The van der Waals surface area contributed by atoms with Crippen molar-refractivity contribution < 1.29 is 24.1 Å². The predicted molar refractivity (Wildman–Crippen MR) is 97.0 cm³/mol. The minimum absolute atomic E-state index is 0.431. The third-order valence-corrected chi connectivity index (χ3v) is 4.11. The van der Waals surface area contributed by atoms with Crippen LogP contribution in [0.4, 0.5) is 0 Å². The Kier molecular flexibility index (Phi) is 5.63. The van der Waals surface area contributed by atoms with Gasteiger partial charge in [-0.05, 0) is 38.7 Å². The van der Waals surface area contributed by atoms with Crippen LogP contribution in [0.1, 0.15) is 18.1 Å². The monoisotopic (exact) mass is 357 g/mol. The number of carboxylic acid groups (broad SMARTS) is 1. The molecule has 6 nitrogen and oxygen atoms in total. The molecule has 1 aliphatic rings. The number of ether oxygens (including phenoxy) is 3. The lowest BCUT2D eigenvalue weighted by Gasteiger charge is -2.32. The molecule has 3 rings (SSSR count). The number of carbonyl (C=O) groups is 1. The first-order valence-corrected chi connectivity index (χ1v) is 8.58. The zero-order chi connectivity index (χ0) is 18.5. The Morgan fingerprint density at radius 1 is 1.08 bits per heavy atom. The van der Waals surface area contributed by atoms with Gasteiger partial charge in [0, 0.05) is 12.1 Å². The molecule has 0 fully saturated rings. The minimum atomic E-state index is -1.14. The molecule has 26 heavy (non-hydrogen) atoms. The van der Waals surface area contributed by atoms with Crippen molar-refractivity contribution in [1.82, 2.24) is 4.90 Å². The molecule has 0 radical (unpaired) electrons. The van der Waals surface area contributed by atoms with Crippen LogP contribution in [0.3, 0.4) is 0 Å². The molecule has 2 atom stereocenters. The van der Waals surface area contributed by atoms with Crippen LogP contribution in [0.25, 0.3) is 0 Å². The van der Waals surface area contributed by atoms with Gasteiger partial charge in [0.15, 0.2) is 17.6 Å². The number of para-hydroxylation sites is 3. The molecular weight excluding hydrogens is 334 g/mol. The first-order valence-electron chi connectivity index (χ1n) is 8.58. The lowest BCUT2D eigenvalue weighted by atomic mass is 10.0. The van der Waals surface area contributed by atoms with Crippen LogP contribution in [-0.2, 0) is 4.79 Å². The standard InChI is InChI=1S/C20H23NO5/c1-21(2)12-7-13-24-15-9-4-3-8-14(15)18-19(20(22)23)26-17-11-6-5-10-16(17)25-18/h3-6,8-11,18-19H,7,12-13H2,1-2H3,(H,22,23). The van der Waals surface area contributed by atoms with Crippen molar-refractivity contribution in [2.45, 2.75) is 18.6 Å². The van der Waals surface area contributed by atoms with Gasteiger partial charge in [-0.25, -0.2) is 4.79 Å². The fraction of sp³-hybridized carbons (Fsp3) is 0.350. The SMILES string of the molecule is CN(C)CCCOc1ccccc1C1Oc2ccccc2OC1C(=O)O. The van der Waals surface area contributed by atoms with Crippen LogP contribution in [0.5, 0.6) is 17.2 Å². The highest BCUT2D eigenvalue weighted by molar-refractivity contribution is 5.75. The number of rotatable bonds is 7. The molecule has 0 saturated carbocycles. The summed E-state index contributed by atoms with van der Waals surface area (Å²) in [4.78, 5) is 13.8. The summed E-state index contributed by atoms with van der Waals surface area (Å²) in [6.07, 6.45) is -1.06. The van der Waals surface area contributed by atoms with Crippen molar-refractivity contribution in [1.29, 1.82) is 0 Å². The lowest BCUT2D eigenvalue weighted by molar-refractivity contribution is -0.151. The smallest absolute Gasteiger partial charge is 0.349 e. The number of hydrogen-bond donors (Lipinski definition) is 1. The summed E-state index contributed by atoms with van der Waals surface area (Å²) in [5, 5.41) is 9.61. The van der Waals surface area contributed by atoms with Crippen molar-refractivity contribution in [3.63, 3.8) is 0 Å². The molecule has 6 heteroatoms. The molecule has 0 saturated heterocycles. The zero-order valence-corrected chi connectivity index (χ0v) is 14.9. The van der Waals surface area contributed by atoms with Crippen LogP contribution in [0.2, 0.25) is 0 Å². The maximum Gasteiger partial charge on any atom is 0.349 e. The van der Waals surface area contributed by atoms with Gasteiger partial charge >= 0.3 is 5.97 Å². The lowest BCUT2D eigenvalue weighted by Crippen LogP contribution is -2.39. The topological polar surface area (TPSA) is 68.2 Å². The third kappa shape index (κ3) is 4.08. The summed E-state index contributed by atoms with van der Waals surface area (Å²) in [5.41, 5.74) is 0.666. The molecule has 2 aromatic rings. The number of benzene rings is 2. The predicted octanol–water partition coefficient (Wildman–Crippen LogP) is 2.98. The maximum atomic E-state index is 11.7. The Bertz CT molecular complexity index is 761. The summed E-state index contributed by atoms with van der Waals surface area (Å²) in [5.74, 6) is 0.496. The number of aliphatic carboxylic acids is 1. The highest BCUT2D eigenvalue weighted by atomic mass is 16.6. The number of fused-ring (bicyclic) bond motifs is 1. The van der Waals surface area contributed by atoms with E-state index in [4.69, 9.17) is 14.2 Å². The first-order chi connectivity index (χ1) is 12.6. The van der Waals surface area contributed by atoms with Crippen LogP contribution >= 0.6 is 0 Å². The minimum Gasteiger partial charge on any atom is -0.493 e. The second-order valence-electron chi connectivity index (χ2n) is 6.40. The second-order valence-corrected chi connectivity index (χ2v) is 6.40. The van der Waals surface area contributed by atoms with Gasteiger partial charge in [-0.15, -0.1) is 0 Å². The molecule has 1 aliphatic heterocycles. The molecule has 138 valence electrons. The molecule has 1 N–H and O–H groups in total. The summed E-state index contributed by atoms with van der Waals surface area (Å²) in [6, 6.07) is 14.4. The highest BCUT2D eigenvalue weighted by Crippen LogP contribution is 2.41. The quantitative estimate of drug-likeness (QED) is 0.769. The van der Waals surface area contributed by atoms with Gasteiger partial charge in [0.25, 0.3) is 0 Å². The maximum absolute atomic E-state index is 11.7. The van der Waals surface area contributed by atoms with E-state index in [9.17, 15) is 9.90 Å². The van der Waals surface area contributed by atoms with Crippen molar-refractivity contribution in [2.75, 3.05) is 27.2 Å². The summed E-state index contributed by atoms with van der Waals surface area (Å²) in [7, 11) is 4.02. The Morgan fingerprint density at radius 2 is 1.73 bits per heavy atom. The molecule has 1 heterocycles. The number of hydrogen-bond acceptors (Lipinski definition) is 5. The molecule has 2 unspecified atom stereocenters. The summed E-state index contributed by atoms with van der Waals surface area (Å²) in [6.45, 7) is 1.45. The summed E-state index contributed by atoms with van der Waals surface area (Å²) < 4.78 is 17.6. The van der Waals surface area contributed by atoms with E-state index in [1.54, 1.807) is 18.2 Å². The molecule has 0 bridgehead atoms. The van der Waals surface area contributed by atoms with Crippen molar-refractivity contribution in [3.8, 4) is 17.2 Å².